The molecule has 0 saturated carbocycles. The molecule has 0 spiro atoms. The molecule has 0 radical (unpaired) electrons. The number of benzene rings is 1. The Morgan fingerprint density at radius 3 is 2.78 bits per heavy atom. The molecule has 0 aliphatic rings. The van der Waals surface area contributed by atoms with E-state index in [-0.39, 0.29) is 0 Å². The van der Waals surface area contributed by atoms with Gasteiger partial charge in [0, 0.05) is 16.4 Å². The van der Waals surface area contributed by atoms with E-state index < -0.39 is 6.10 Å². The zero-order valence-electron chi connectivity index (χ0n) is 12.5. The maximum Gasteiger partial charge on any atom is 0.259 e. The van der Waals surface area contributed by atoms with Crippen molar-refractivity contribution < 1.29 is 9.26 Å². The Kier molecular flexibility index (Phi) is 4.63. The maximum absolute atomic E-state index is 6.15. The monoisotopic (exact) mass is 393 g/mol. The predicted octanol–water partition coefficient (Wildman–Crippen LogP) is 5.00. The molecule has 3 aromatic rings. The first kappa shape index (κ1) is 16.0. The zero-order valence-corrected chi connectivity index (χ0v) is 14.8. The Morgan fingerprint density at radius 1 is 1.26 bits per heavy atom. The molecule has 1 aromatic carbocycles. The molecule has 23 heavy (non-hydrogen) atoms. The summed E-state index contributed by atoms with van der Waals surface area (Å²) in [7, 11) is 0. The van der Waals surface area contributed by atoms with Crippen molar-refractivity contribution in [2.24, 2.45) is 0 Å². The highest BCUT2D eigenvalue weighted by Gasteiger charge is 2.17. The number of hydrogen-bond donors (Lipinski definition) is 0. The molecule has 0 N–H and O–H groups in total. The molecule has 0 amide bonds. The van der Waals surface area contributed by atoms with Gasteiger partial charge in [0.2, 0.25) is 5.82 Å². The fraction of sp³-hybridized carbons (Fsp3) is 0.188. The van der Waals surface area contributed by atoms with Crippen molar-refractivity contribution in [3.05, 3.63) is 57.5 Å². The molecule has 0 bridgehead atoms. The Labute approximate surface area is 146 Å². The molecule has 1 atom stereocenters. The molecule has 2 aromatic heterocycles. The standard InChI is InChI=1S/C16H13BrClN3O2/c1-9-3-4-11(8-19-9)16-20-15(21-23-16)10(2)22-14-6-5-12(17)7-13(14)18/h3-8,10H,1-2H3. The van der Waals surface area contributed by atoms with Gasteiger partial charge in [-0.1, -0.05) is 32.7 Å². The summed E-state index contributed by atoms with van der Waals surface area (Å²) in [5, 5.41) is 4.48. The van der Waals surface area contributed by atoms with Crippen LogP contribution in [-0.4, -0.2) is 15.1 Å². The second-order valence-electron chi connectivity index (χ2n) is 4.98. The molecule has 0 saturated heterocycles. The average Bonchev–Trinajstić information content (AvgIpc) is 3.01. The first-order valence-corrected chi connectivity index (χ1v) is 8.08. The molecule has 0 aliphatic heterocycles. The molecule has 2 heterocycles. The van der Waals surface area contributed by atoms with Gasteiger partial charge in [-0.05, 0) is 44.2 Å². The molecule has 5 nitrogen and oxygen atoms in total. The third kappa shape index (κ3) is 3.71. The number of ether oxygens (including phenoxy) is 1. The third-order valence-electron chi connectivity index (χ3n) is 3.16. The molecule has 0 aliphatic carbocycles. The van der Waals surface area contributed by atoms with Crippen LogP contribution in [0.1, 0.15) is 24.5 Å². The average molecular weight is 395 g/mol. The Bertz CT molecular complexity index is 820. The van der Waals surface area contributed by atoms with Gasteiger partial charge in [0.15, 0.2) is 6.10 Å². The number of aryl methyl sites for hydroxylation is 1. The van der Waals surface area contributed by atoms with Crippen LogP contribution >= 0.6 is 27.5 Å². The van der Waals surface area contributed by atoms with E-state index >= 15 is 0 Å². The van der Waals surface area contributed by atoms with Gasteiger partial charge < -0.3 is 9.26 Å². The second-order valence-corrected chi connectivity index (χ2v) is 6.30. The van der Waals surface area contributed by atoms with E-state index in [9.17, 15) is 0 Å². The zero-order chi connectivity index (χ0) is 16.4. The highest BCUT2D eigenvalue weighted by Crippen LogP contribution is 2.31. The van der Waals surface area contributed by atoms with E-state index in [0.29, 0.717) is 22.5 Å². The van der Waals surface area contributed by atoms with Crippen molar-refractivity contribution in [1.82, 2.24) is 15.1 Å². The summed E-state index contributed by atoms with van der Waals surface area (Å²) in [4.78, 5) is 8.57. The Morgan fingerprint density at radius 2 is 2.09 bits per heavy atom. The van der Waals surface area contributed by atoms with E-state index in [1.54, 1.807) is 18.3 Å². The predicted molar refractivity (Wildman–Crippen MR) is 90.5 cm³/mol. The van der Waals surface area contributed by atoms with Crippen molar-refractivity contribution in [2.45, 2.75) is 20.0 Å². The Balaban J connectivity index is 1.78. The van der Waals surface area contributed by atoms with Crippen LogP contribution in [0.5, 0.6) is 5.75 Å². The lowest BCUT2D eigenvalue weighted by Crippen LogP contribution is -2.05. The van der Waals surface area contributed by atoms with Gasteiger partial charge in [0.25, 0.3) is 5.89 Å². The number of pyridine rings is 1. The van der Waals surface area contributed by atoms with E-state index in [1.165, 1.54) is 0 Å². The van der Waals surface area contributed by atoms with Crippen LogP contribution in [-0.2, 0) is 0 Å². The fourth-order valence-corrected chi connectivity index (χ4v) is 2.64. The number of rotatable bonds is 4. The van der Waals surface area contributed by atoms with Crippen LogP contribution in [0, 0.1) is 6.92 Å². The van der Waals surface area contributed by atoms with Gasteiger partial charge in [-0.15, -0.1) is 0 Å². The number of halogens is 2. The number of aromatic nitrogens is 3. The first-order valence-electron chi connectivity index (χ1n) is 6.91. The van der Waals surface area contributed by atoms with Gasteiger partial charge in [0.05, 0.1) is 10.6 Å². The van der Waals surface area contributed by atoms with Gasteiger partial charge in [0.1, 0.15) is 5.75 Å². The van der Waals surface area contributed by atoms with Crippen molar-refractivity contribution in [2.75, 3.05) is 0 Å². The second kappa shape index (κ2) is 6.68. The molecule has 1 unspecified atom stereocenters. The van der Waals surface area contributed by atoms with Crippen LogP contribution in [0.4, 0.5) is 0 Å². The molecular weight excluding hydrogens is 382 g/mol. The summed E-state index contributed by atoms with van der Waals surface area (Å²) in [6, 6.07) is 9.18. The minimum atomic E-state index is -0.399. The number of hydrogen-bond acceptors (Lipinski definition) is 5. The smallest absolute Gasteiger partial charge is 0.259 e. The highest BCUT2D eigenvalue weighted by molar-refractivity contribution is 9.10. The fourth-order valence-electron chi connectivity index (χ4n) is 1.93. The van der Waals surface area contributed by atoms with Crippen LogP contribution < -0.4 is 4.74 Å². The lowest BCUT2D eigenvalue weighted by atomic mass is 10.2. The summed E-state index contributed by atoms with van der Waals surface area (Å²) in [6.45, 7) is 3.75. The molecule has 3 rings (SSSR count). The molecular formula is C16H13BrClN3O2. The third-order valence-corrected chi connectivity index (χ3v) is 3.95. The summed E-state index contributed by atoms with van der Waals surface area (Å²) in [6.07, 6.45) is 1.30. The number of nitrogens with zero attached hydrogens (tertiary/aromatic N) is 3. The Hall–Kier alpha value is -1.92. The van der Waals surface area contributed by atoms with Crippen molar-refractivity contribution in [3.63, 3.8) is 0 Å². The summed E-state index contributed by atoms with van der Waals surface area (Å²) in [5.74, 6) is 1.41. The van der Waals surface area contributed by atoms with Crippen molar-refractivity contribution >= 4 is 27.5 Å². The minimum absolute atomic E-state index is 0.399. The molecule has 0 fully saturated rings. The van der Waals surface area contributed by atoms with Crippen LogP contribution in [0.15, 0.2) is 45.5 Å². The maximum atomic E-state index is 6.15. The lowest BCUT2D eigenvalue weighted by Gasteiger charge is -2.12. The first-order chi connectivity index (χ1) is 11.0. The van der Waals surface area contributed by atoms with Crippen molar-refractivity contribution in [1.29, 1.82) is 0 Å². The summed E-state index contributed by atoms with van der Waals surface area (Å²) >= 11 is 9.51. The largest absolute Gasteiger partial charge is 0.481 e. The van der Waals surface area contributed by atoms with Crippen molar-refractivity contribution in [3.8, 4) is 17.2 Å². The normalized spacial score (nSPS) is 12.2. The summed E-state index contributed by atoms with van der Waals surface area (Å²) < 4.78 is 12.0. The topological polar surface area (TPSA) is 61.0 Å². The lowest BCUT2D eigenvalue weighted by molar-refractivity contribution is 0.211. The molecule has 7 heteroatoms. The van der Waals surface area contributed by atoms with E-state index in [4.69, 9.17) is 20.9 Å². The quantitative estimate of drug-likeness (QED) is 0.623. The van der Waals surface area contributed by atoms with Gasteiger partial charge in [-0.3, -0.25) is 4.98 Å². The van der Waals surface area contributed by atoms with Crippen LogP contribution in [0.3, 0.4) is 0 Å². The van der Waals surface area contributed by atoms with E-state index in [0.717, 1.165) is 15.7 Å². The summed E-state index contributed by atoms with van der Waals surface area (Å²) in [5.41, 5.74) is 1.69. The van der Waals surface area contributed by atoms with Gasteiger partial charge >= 0.3 is 0 Å². The minimum Gasteiger partial charge on any atom is -0.481 e. The SMILES string of the molecule is Cc1ccc(-c2nc(C(C)Oc3ccc(Br)cc3Cl)no2)cn1. The van der Waals surface area contributed by atoms with Crippen LogP contribution in [0.25, 0.3) is 11.5 Å². The van der Waals surface area contributed by atoms with Gasteiger partial charge in [-0.25, -0.2) is 0 Å². The van der Waals surface area contributed by atoms with Crippen LogP contribution in [0.2, 0.25) is 5.02 Å². The van der Waals surface area contributed by atoms with Gasteiger partial charge in [-0.2, -0.15) is 4.98 Å². The van der Waals surface area contributed by atoms with E-state index in [1.807, 2.05) is 32.0 Å². The highest BCUT2D eigenvalue weighted by atomic mass is 79.9. The molecule has 118 valence electrons. The van der Waals surface area contributed by atoms with E-state index in [2.05, 4.69) is 31.1 Å².